The van der Waals surface area contributed by atoms with E-state index in [2.05, 4.69) is 15.5 Å². The summed E-state index contributed by atoms with van der Waals surface area (Å²) in [6, 6.07) is 15.2. The highest BCUT2D eigenvalue weighted by Crippen LogP contribution is 2.25. The average molecular weight is 359 g/mol. The summed E-state index contributed by atoms with van der Waals surface area (Å²) in [6.45, 7) is 4.35. The third kappa shape index (κ3) is 6.99. The maximum absolute atomic E-state index is 5.83. The van der Waals surface area contributed by atoms with Gasteiger partial charge >= 0.3 is 0 Å². The highest BCUT2D eigenvalue weighted by molar-refractivity contribution is 7.80. The number of nitrogens with one attached hydrogen (secondary N) is 2. The SMILES string of the molecule is CCOc1ccc(Oc2ccc(NC(=S)NCCN(C)C)cc2)cc1. The summed E-state index contributed by atoms with van der Waals surface area (Å²) in [7, 11) is 4.06. The topological polar surface area (TPSA) is 45.8 Å². The van der Waals surface area contributed by atoms with Crippen molar-refractivity contribution >= 4 is 23.0 Å². The van der Waals surface area contributed by atoms with Crippen LogP contribution in [0.5, 0.6) is 17.2 Å². The summed E-state index contributed by atoms with van der Waals surface area (Å²) in [6.07, 6.45) is 0. The molecule has 0 amide bonds. The summed E-state index contributed by atoms with van der Waals surface area (Å²) in [5.41, 5.74) is 0.918. The zero-order valence-corrected chi connectivity index (χ0v) is 15.7. The summed E-state index contributed by atoms with van der Waals surface area (Å²) in [4.78, 5) is 2.10. The second kappa shape index (κ2) is 9.86. The van der Waals surface area contributed by atoms with Gasteiger partial charge in [0.2, 0.25) is 0 Å². The van der Waals surface area contributed by atoms with E-state index in [-0.39, 0.29) is 0 Å². The summed E-state index contributed by atoms with van der Waals surface area (Å²) in [5.74, 6) is 2.37. The van der Waals surface area contributed by atoms with E-state index in [1.165, 1.54) is 0 Å². The second-order valence-electron chi connectivity index (χ2n) is 5.72. The summed E-state index contributed by atoms with van der Waals surface area (Å²) in [5, 5.41) is 6.94. The lowest BCUT2D eigenvalue weighted by Crippen LogP contribution is -2.34. The molecule has 134 valence electrons. The Hall–Kier alpha value is -2.31. The lowest BCUT2D eigenvalue weighted by molar-refractivity contribution is 0.339. The van der Waals surface area contributed by atoms with E-state index in [9.17, 15) is 0 Å². The molecule has 2 aromatic carbocycles. The molecule has 0 fully saturated rings. The standard InChI is InChI=1S/C19H25N3O2S/c1-4-23-16-9-11-18(12-10-16)24-17-7-5-15(6-8-17)21-19(25)20-13-14-22(2)3/h5-12H,4,13-14H2,1-3H3,(H2,20,21,25). The maximum atomic E-state index is 5.83. The number of nitrogens with zero attached hydrogens (tertiary/aromatic N) is 1. The van der Waals surface area contributed by atoms with Gasteiger partial charge in [-0.1, -0.05) is 0 Å². The minimum Gasteiger partial charge on any atom is -0.494 e. The van der Waals surface area contributed by atoms with Crippen molar-refractivity contribution in [3.05, 3.63) is 48.5 Å². The van der Waals surface area contributed by atoms with Crippen LogP contribution < -0.4 is 20.1 Å². The minimum atomic E-state index is 0.613. The van der Waals surface area contributed by atoms with Gasteiger partial charge in [0, 0.05) is 18.8 Å². The summed E-state index contributed by atoms with van der Waals surface area (Å²) >= 11 is 5.28. The van der Waals surface area contributed by atoms with Crippen molar-refractivity contribution in [1.29, 1.82) is 0 Å². The third-order valence-electron chi connectivity index (χ3n) is 3.33. The van der Waals surface area contributed by atoms with E-state index < -0.39 is 0 Å². The Morgan fingerprint density at radius 1 is 0.960 bits per heavy atom. The molecule has 0 aliphatic carbocycles. The fraction of sp³-hybridized carbons (Fsp3) is 0.316. The molecule has 0 saturated carbocycles. The molecule has 0 heterocycles. The number of rotatable bonds is 8. The van der Waals surface area contributed by atoms with Crippen LogP contribution in [-0.4, -0.2) is 43.8 Å². The van der Waals surface area contributed by atoms with Crippen molar-refractivity contribution in [3.63, 3.8) is 0 Å². The van der Waals surface area contributed by atoms with Crippen LogP contribution in [0, 0.1) is 0 Å². The van der Waals surface area contributed by atoms with Crippen molar-refractivity contribution in [1.82, 2.24) is 10.2 Å². The molecule has 2 N–H and O–H groups in total. The Kier molecular flexibility index (Phi) is 7.50. The minimum absolute atomic E-state index is 0.613. The highest BCUT2D eigenvalue weighted by atomic mass is 32.1. The molecule has 0 aliphatic heterocycles. The van der Waals surface area contributed by atoms with E-state index in [4.69, 9.17) is 21.7 Å². The molecule has 0 saturated heterocycles. The van der Waals surface area contributed by atoms with Gasteiger partial charge in [-0.25, -0.2) is 0 Å². The van der Waals surface area contributed by atoms with E-state index in [0.717, 1.165) is 36.0 Å². The monoisotopic (exact) mass is 359 g/mol. The van der Waals surface area contributed by atoms with Crippen molar-refractivity contribution in [2.24, 2.45) is 0 Å². The predicted octanol–water partition coefficient (Wildman–Crippen LogP) is 3.73. The lowest BCUT2D eigenvalue weighted by Gasteiger charge is -2.13. The van der Waals surface area contributed by atoms with Gasteiger partial charge in [0.1, 0.15) is 17.2 Å². The van der Waals surface area contributed by atoms with Gasteiger partial charge in [-0.05, 0) is 81.8 Å². The zero-order chi connectivity index (χ0) is 18.1. The van der Waals surface area contributed by atoms with Crippen LogP contribution in [-0.2, 0) is 0 Å². The van der Waals surface area contributed by atoms with Gasteiger partial charge in [0.25, 0.3) is 0 Å². The maximum Gasteiger partial charge on any atom is 0.170 e. The molecular formula is C19H25N3O2S. The number of hydrogen-bond donors (Lipinski definition) is 2. The van der Waals surface area contributed by atoms with E-state index in [0.29, 0.717) is 11.7 Å². The van der Waals surface area contributed by atoms with Crippen LogP contribution in [0.3, 0.4) is 0 Å². The van der Waals surface area contributed by atoms with Gasteiger partial charge in [-0.15, -0.1) is 0 Å². The molecule has 0 atom stereocenters. The number of anilines is 1. The number of hydrogen-bond acceptors (Lipinski definition) is 4. The van der Waals surface area contributed by atoms with Crippen LogP contribution in [0.25, 0.3) is 0 Å². The molecular weight excluding hydrogens is 334 g/mol. The molecule has 0 aliphatic rings. The van der Waals surface area contributed by atoms with Gasteiger partial charge in [-0.2, -0.15) is 0 Å². The Balaban J connectivity index is 1.83. The number of thiocarbonyl (C=S) groups is 1. The lowest BCUT2D eigenvalue weighted by atomic mass is 10.3. The van der Waals surface area contributed by atoms with Crippen LogP contribution >= 0.6 is 12.2 Å². The van der Waals surface area contributed by atoms with Gasteiger partial charge in [0.05, 0.1) is 6.61 Å². The Labute approximate surface area is 154 Å². The van der Waals surface area contributed by atoms with Gasteiger partial charge in [-0.3, -0.25) is 0 Å². The second-order valence-corrected chi connectivity index (χ2v) is 6.12. The van der Waals surface area contributed by atoms with Crippen LogP contribution in [0.4, 0.5) is 5.69 Å². The van der Waals surface area contributed by atoms with Gasteiger partial charge < -0.3 is 25.0 Å². The van der Waals surface area contributed by atoms with Crippen LogP contribution in [0.15, 0.2) is 48.5 Å². The highest BCUT2D eigenvalue weighted by Gasteiger charge is 2.01. The number of likely N-dealkylation sites (N-methyl/N-ethyl adjacent to an activating group) is 1. The first-order chi connectivity index (χ1) is 12.1. The van der Waals surface area contributed by atoms with Crippen molar-refractivity contribution in [2.45, 2.75) is 6.92 Å². The van der Waals surface area contributed by atoms with Gasteiger partial charge in [0.15, 0.2) is 5.11 Å². The molecule has 0 radical (unpaired) electrons. The number of benzene rings is 2. The Morgan fingerprint density at radius 3 is 2.08 bits per heavy atom. The first-order valence-corrected chi connectivity index (χ1v) is 8.68. The fourth-order valence-corrected chi connectivity index (χ4v) is 2.30. The Bertz CT molecular complexity index is 657. The Morgan fingerprint density at radius 2 is 1.52 bits per heavy atom. The smallest absolute Gasteiger partial charge is 0.170 e. The first-order valence-electron chi connectivity index (χ1n) is 8.27. The molecule has 0 aromatic heterocycles. The fourth-order valence-electron chi connectivity index (χ4n) is 2.08. The van der Waals surface area contributed by atoms with E-state index in [1.54, 1.807) is 0 Å². The summed E-state index contributed by atoms with van der Waals surface area (Å²) < 4.78 is 11.2. The molecule has 0 unspecified atom stereocenters. The quantitative estimate of drug-likeness (QED) is 0.701. The first kappa shape index (κ1) is 19.0. The van der Waals surface area contributed by atoms with Crippen LogP contribution in [0.2, 0.25) is 0 Å². The number of ether oxygens (including phenoxy) is 2. The normalized spacial score (nSPS) is 10.4. The molecule has 25 heavy (non-hydrogen) atoms. The molecule has 2 rings (SSSR count). The zero-order valence-electron chi connectivity index (χ0n) is 14.9. The van der Waals surface area contributed by atoms with E-state index >= 15 is 0 Å². The van der Waals surface area contributed by atoms with Crippen molar-refractivity contribution < 1.29 is 9.47 Å². The van der Waals surface area contributed by atoms with Crippen molar-refractivity contribution in [3.8, 4) is 17.2 Å². The van der Waals surface area contributed by atoms with Crippen molar-refractivity contribution in [2.75, 3.05) is 39.1 Å². The molecule has 5 nitrogen and oxygen atoms in total. The molecule has 6 heteroatoms. The third-order valence-corrected chi connectivity index (χ3v) is 3.57. The predicted molar refractivity (Wildman–Crippen MR) is 107 cm³/mol. The van der Waals surface area contributed by atoms with E-state index in [1.807, 2.05) is 69.6 Å². The molecule has 0 spiro atoms. The van der Waals surface area contributed by atoms with Crippen LogP contribution in [0.1, 0.15) is 6.92 Å². The largest absolute Gasteiger partial charge is 0.494 e. The average Bonchev–Trinajstić information content (AvgIpc) is 2.58. The molecule has 2 aromatic rings. The molecule has 0 bridgehead atoms.